The van der Waals surface area contributed by atoms with Gasteiger partial charge in [-0.3, -0.25) is 9.58 Å². The number of hydrogen-bond acceptors (Lipinski definition) is 3. The fourth-order valence-electron chi connectivity index (χ4n) is 2.41. The summed E-state index contributed by atoms with van der Waals surface area (Å²) in [5, 5.41) is 13.7. The van der Waals surface area contributed by atoms with Gasteiger partial charge in [0.1, 0.15) is 0 Å². The Balaban J connectivity index is 2.05. The van der Waals surface area contributed by atoms with Gasteiger partial charge in [-0.1, -0.05) is 6.92 Å². The van der Waals surface area contributed by atoms with Crippen LogP contribution in [-0.4, -0.2) is 39.0 Å². The number of hydrogen-bond donors (Lipinski definition) is 1. The van der Waals surface area contributed by atoms with Crippen molar-refractivity contribution in [2.24, 2.45) is 7.05 Å². The molecule has 0 aromatic carbocycles. The van der Waals surface area contributed by atoms with Crippen molar-refractivity contribution in [1.29, 1.82) is 0 Å². The summed E-state index contributed by atoms with van der Waals surface area (Å²) >= 11 is 0. The topological polar surface area (TPSA) is 41.3 Å². The zero-order valence-electron chi connectivity index (χ0n) is 10.2. The minimum atomic E-state index is 0.276. The van der Waals surface area contributed by atoms with Crippen LogP contribution in [0.1, 0.15) is 31.2 Å². The summed E-state index contributed by atoms with van der Waals surface area (Å²) in [5.41, 5.74) is 2.40. The van der Waals surface area contributed by atoms with Gasteiger partial charge in [-0.15, -0.1) is 0 Å². The molecule has 1 saturated heterocycles. The zero-order valence-corrected chi connectivity index (χ0v) is 10.2. The molecule has 90 valence electrons. The molecule has 4 heteroatoms. The maximum Gasteiger partial charge on any atom is 0.0625 e. The first-order valence-electron chi connectivity index (χ1n) is 6.11. The van der Waals surface area contributed by atoms with Gasteiger partial charge in [0.2, 0.25) is 0 Å². The average Bonchev–Trinajstić information content (AvgIpc) is 2.86. The normalized spacial score (nSPS) is 21.8. The van der Waals surface area contributed by atoms with Crippen LogP contribution >= 0.6 is 0 Å². The van der Waals surface area contributed by atoms with Crippen molar-refractivity contribution in [3.8, 4) is 0 Å². The van der Waals surface area contributed by atoms with Crippen molar-refractivity contribution in [3.63, 3.8) is 0 Å². The van der Waals surface area contributed by atoms with Gasteiger partial charge >= 0.3 is 0 Å². The molecule has 0 unspecified atom stereocenters. The maximum atomic E-state index is 9.27. The quantitative estimate of drug-likeness (QED) is 0.826. The van der Waals surface area contributed by atoms with E-state index >= 15 is 0 Å². The molecule has 0 bridgehead atoms. The first kappa shape index (κ1) is 11.6. The van der Waals surface area contributed by atoms with E-state index in [2.05, 4.69) is 23.0 Å². The monoisotopic (exact) mass is 223 g/mol. The summed E-state index contributed by atoms with van der Waals surface area (Å²) in [6, 6.07) is 2.52. The molecule has 0 radical (unpaired) electrons. The van der Waals surface area contributed by atoms with Crippen molar-refractivity contribution in [1.82, 2.24) is 14.7 Å². The fourth-order valence-corrected chi connectivity index (χ4v) is 2.41. The van der Waals surface area contributed by atoms with Crippen LogP contribution in [-0.2, 0) is 20.0 Å². The SMILES string of the molecule is CCc1cc(CN2CCC[C@@H]2CO)n(C)n1. The number of nitrogens with zero attached hydrogens (tertiary/aromatic N) is 3. The summed E-state index contributed by atoms with van der Waals surface area (Å²) < 4.78 is 1.96. The molecule has 1 atom stereocenters. The molecule has 0 spiro atoms. The Morgan fingerprint density at radius 1 is 1.56 bits per heavy atom. The number of aryl methyl sites for hydroxylation is 2. The van der Waals surface area contributed by atoms with Crippen molar-refractivity contribution < 1.29 is 5.11 Å². The van der Waals surface area contributed by atoms with Crippen molar-refractivity contribution in [2.45, 2.75) is 38.8 Å². The van der Waals surface area contributed by atoms with E-state index in [1.807, 2.05) is 11.7 Å². The van der Waals surface area contributed by atoms with Crippen molar-refractivity contribution in [2.75, 3.05) is 13.2 Å². The van der Waals surface area contributed by atoms with Gasteiger partial charge in [0.05, 0.1) is 18.0 Å². The molecule has 0 aliphatic carbocycles. The van der Waals surface area contributed by atoms with Gasteiger partial charge in [-0.2, -0.15) is 5.10 Å². The summed E-state index contributed by atoms with van der Waals surface area (Å²) in [6.07, 6.45) is 3.30. The largest absolute Gasteiger partial charge is 0.395 e. The van der Waals surface area contributed by atoms with E-state index in [9.17, 15) is 5.11 Å². The predicted octanol–water partition coefficient (Wildman–Crippen LogP) is 0.939. The summed E-state index contributed by atoms with van der Waals surface area (Å²) in [6.45, 7) is 4.41. The molecule has 16 heavy (non-hydrogen) atoms. The van der Waals surface area contributed by atoms with E-state index in [1.165, 1.54) is 12.1 Å². The van der Waals surface area contributed by atoms with E-state index in [0.29, 0.717) is 6.04 Å². The Labute approximate surface area is 96.9 Å². The lowest BCUT2D eigenvalue weighted by atomic mass is 10.2. The number of aromatic nitrogens is 2. The highest BCUT2D eigenvalue weighted by atomic mass is 16.3. The van der Waals surface area contributed by atoms with E-state index in [1.54, 1.807) is 0 Å². The van der Waals surface area contributed by atoms with E-state index in [-0.39, 0.29) is 6.61 Å². The third-order valence-corrected chi connectivity index (χ3v) is 3.46. The highest BCUT2D eigenvalue weighted by molar-refractivity contribution is 5.10. The Morgan fingerprint density at radius 3 is 3.00 bits per heavy atom. The van der Waals surface area contributed by atoms with Crippen LogP contribution in [0.15, 0.2) is 6.07 Å². The molecule has 2 rings (SSSR count). The molecular formula is C12H21N3O. The van der Waals surface area contributed by atoms with E-state index < -0.39 is 0 Å². The minimum Gasteiger partial charge on any atom is -0.395 e. The maximum absolute atomic E-state index is 9.27. The Morgan fingerprint density at radius 2 is 2.38 bits per heavy atom. The highest BCUT2D eigenvalue weighted by Gasteiger charge is 2.24. The molecule has 1 fully saturated rings. The molecule has 0 amide bonds. The van der Waals surface area contributed by atoms with E-state index in [0.717, 1.165) is 31.6 Å². The van der Waals surface area contributed by atoms with Gasteiger partial charge in [0.25, 0.3) is 0 Å². The molecule has 1 aromatic rings. The van der Waals surface area contributed by atoms with Crippen LogP contribution in [0.5, 0.6) is 0 Å². The third-order valence-electron chi connectivity index (χ3n) is 3.46. The smallest absolute Gasteiger partial charge is 0.0625 e. The Bertz CT molecular complexity index is 348. The lowest BCUT2D eigenvalue weighted by Gasteiger charge is -2.22. The number of aliphatic hydroxyl groups excluding tert-OH is 1. The summed E-state index contributed by atoms with van der Waals surface area (Å²) in [7, 11) is 2.00. The molecular weight excluding hydrogens is 202 g/mol. The number of aliphatic hydroxyl groups is 1. The molecule has 4 nitrogen and oxygen atoms in total. The molecule has 1 N–H and O–H groups in total. The van der Waals surface area contributed by atoms with Crippen LogP contribution in [0.25, 0.3) is 0 Å². The van der Waals surface area contributed by atoms with Crippen molar-refractivity contribution in [3.05, 3.63) is 17.5 Å². The van der Waals surface area contributed by atoms with E-state index in [4.69, 9.17) is 0 Å². The molecule has 1 aliphatic heterocycles. The van der Waals surface area contributed by atoms with Gasteiger partial charge in [-0.25, -0.2) is 0 Å². The lowest BCUT2D eigenvalue weighted by molar-refractivity contribution is 0.151. The lowest BCUT2D eigenvalue weighted by Crippen LogP contribution is -2.32. The second-order valence-electron chi connectivity index (χ2n) is 4.55. The van der Waals surface area contributed by atoms with Crippen LogP contribution in [0.2, 0.25) is 0 Å². The van der Waals surface area contributed by atoms with Gasteiger partial charge in [0.15, 0.2) is 0 Å². The summed E-state index contributed by atoms with van der Waals surface area (Å²) in [5.74, 6) is 0. The van der Waals surface area contributed by atoms with Crippen LogP contribution in [0.3, 0.4) is 0 Å². The Kier molecular flexibility index (Phi) is 3.61. The minimum absolute atomic E-state index is 0.276. The van der Waals surface area contributed by atoms with Crippen LogP contribution in [0, 0.1) is 0 Å². The number of likely N-dealkylation sites (tertiary alicyclic amines) is 1. The molecule has 0 saturated carbocycles. The molecule has 2 heterocycles. The second kappa shape index (κ2) is 4.97. The average molecular weight is 223 g/mol. The van der Waals surface area contributed by atoms with Crippen LogP contribution in [0.4, 0.5) is 0 Å². The second-order valence-corrected chi connectivity index (χ2v) is 4.55. The third kappa shape index (κ3) is 2.28. The molecule has 1 aromatic heterocycles. The summed E-state index contributed by atoms with van der Waals surface area (Å²) in [4.78, 5) is 2.36. The van der Waals surface area contributed by atoms with Crippen molar-refractivity contribution >= 4 is 0 Å². The first-order valence-corrected chi connectivity index (χ1v) is 6.11. The highest BCUT2D eigenvalue weighted by Crippen LogP contribution is 2.19. The number of rotatable bonds is 4. The Hall–Kier alpha value is -0.870. The predicted molar refractivity (Wildman–Crippen MR) is 63.1 cm³/mol. The first-order chi connectivity index (χ1) is 7.74. The fraction of sp³-hybridized carbons (Fsp3) is 0.750. The van der Waals surface area contributed by atoms with Gasteiger partial charge < -0.3 is 5.11 Å². The van der Waals surface area contributed by atoms with Crippen LogP contribution < -0.4 is 0 Å². The van der Waals surface area contributed by atoms with Gasteiger partial charge in [-0.05, 0) is 31.9 Å². The van der Waals surface area contributed by atoms with Gasteiger partial charge in [0, 0.05) is 19.6 Å². The molecule has 1 aliphatic rings. The zero-order chi connectivity index (χ0) is 11.5. The standard InChI is InChI=1S/C12H21N3O/c1-3-10-7-12(14(2)13-10)8-15-6-4-5-11(15)9-16/h7,11,16H,3-6,8-9H2,1-2H3/t11-/m1/s1.